The third-order valence-corrected chi connectivity index (χ3v) is 5.73. The molecule has 32 heavy (non-hydrogen) atoms. The van der Waals surface area contributed by atoms with Crippen LogP contribution in [0.1, 0.15) is 33.5 Å². The number of amides is 3. The number of benzene rings is 2. The van der Waals surface area contributed by atoms with E-state index in [0.717, 1.165) is 5.56 Å². The molecule has 0 unspecified atom stereocenters. The summed E-state index contributed by atoms with van der Waals surface area (Å²) in [6.07, 6.45) is -4.54. The Hall–Kier alpha value is -3.69. The summed E-state index contributed by atoms with van der Waals surface area (Å²) in [4.78, 5) is 41.0. The average Bonchev–Trinajstić information content (AvgIpc) is 3.28. The number of hydrogen-bond acceptors (Lipinski definition) is 3. The van der Waals surface area contributed by atoms with E-state index in [1.807, 2.05) is 30.3 Å². The highest BCUT2D eigenvalue weighted by atomic mass is 19.4. The summed E-state index contributed by atoms with van der Waals surface area (Å²) in [7, 11) is 0. The molecule has 166 valence electrons. The first-order valence-electron chi connectivity index (χ1n) is 9.80. The molecular formula is C22H19F3N4O3. The third-order valence-electron chi connectivity index (χ3n) is 5.73. The number of nitrogens with two attached hydrogens (primary N) is 1. The van der Waals surface area contributed by atoms with Crippen molar-refractivity contribution in [1.82, 2.24) is 10.2 Å². The van der Waals surface area contributed by atoms with Gasteiger partial charge in [0.2, 0.25) is 5.91 Å². The van der Waals surface area contributed by atoms with Gasteiger partial charge >= 0.3 is 12.1 Å². The fourth-order valence-corrected chi connectivity index (χ4v) is 4.15. The highest BCUT2D eigenvalue weighted by Gasteiger charge is 2.48. The van der Waals surface area contributed by atoms with Gasteiger partial charge in [0, 0.05) is 24.2 Å². The van der Waals surface area contributed by atoms with Crippen molar-refractivity contribution in [1.29, 1.82) is 0 Å². The average molecular weight is 444 g/mol. The van der Waals surface area contributed by atoms with Crippen LogP contribution in [-0.2, 0) is 22.6 Å². The Morgan fingerprint density at radius 2 is 1.88 bits per heavy atom. The minimum absolute atomic E-state index is 0.0364. The zero-order valence-corrected chi connectivity index (χ0v) is 16.8. The van der Waals surface area contributed by atoms with Crippen LogP contribution in [0.2, 0.25) is 0 Å². The van der Waals surface area contributed by atoms with Gasteiger partial charge < -0.3 is 16.0 Å². The second-order valence-corrected chi connectivity index (χ2v) is 7.90. The van der Waals surface area contributed by atoms with Crippen molar-refractivity contribution < 1.29 is 27.6 Å². The second kappa shape index (κ2) is 7.77. The van der Waals surface area contributed by atoms with Crippen molar-refractivity contribution in [3.05, 3.63) is 70.8 Å². The minimum atomic E-state index is -5.14. The van der Waals surface area contributed by atoms with Gasteiger partial charge in [-0.05, 0) is 23.6 Å². The van der Waals surface area contributed by atoms with Crippen LogP contribution in [0, 0.1) is 0 Å². The van der Waals surface area contributed by atoms with Gasteiger partial charge in [-0.1, -0.05) is 42.5 Å². The lowest BCUT2D eigenvalue weighted by Crippen LogP contribution is -2.52. The summed E-state index contributed by atoms with van der Waals surface area (Å²) in [6.45, 7) is 0.533. The van der Waals surface area contributed by atoms with Crippen LogP contribution in [0.25, 0.3) is 0 Å². The quantitative estimate of drug-likeness (QED) is 0.556. The molecule has 2 aliphatic heterocycles. The highest BCUT2D eigenvalue weighted by molar-refractivity contribution is 6.07. The lowest BCUT2D eigenvalue weighted by atomic mass is 9.88. The van der Waals surface area contributed by atoms with Gasteiger partial charge in [-0.15, -0.1) is 0 Å². The number of halogens is 3. The van der Waals surface area contributed by atoms with E-state index in [2.05, 4.69) is 10.3 Å². The van der Waals surface area contributed by atoms with Crippen LogP contribution in [0.4, 0.5) is 13.2 Å². The lowest BCUT2D eigenvalue weighted by Gasteiger charge is -2.37. The Morgan fingerprint density at radius 1 is 1.16 bits per heavy atom. The molecule has 0 radical (unpaired) electrons. The zero-order chi connectivity index (χ0) is 23.1. The van der Waals surface area contributed by atoms with Crippen LogP contribution in [0.3, 0.4) is 0 Å². The highest BCUT2D eigenvalue weighted by Crippen LogP contribution is 2.36. The van der Waals surface area contributed by atoms with Gasteiger partial charge in [0.05, 0.1) is 12.0 Å². The van der Waals surface area contributed by atoms with Gasteiger partial charge in [0.25, 0.3) is 5.91 Å². The molecule has 0 bridgehead atoms. The van der Waals surface area contributed by atoms with E-state index in [0.29, 0.717) is 12.0 Å². The molecular weight excluding hydrogens is 425 g/mol. The van der Waals surface area contributed by atoms with E-state index in [4.69, 9.17) is 5.73 Å². The second-order valence-electron chi connectivity index (χ2n) is 7.90. The molecule has 1 saturated heterocycles. The topological polar surface area (TPSA) is 105 Å². The van der Waals surface area contributed by atoms with E-state index in [1.165, 1.54) is 12.1 Å². The van der Waals surface area contributed by atoms with Crippen molar-refractivity contribution in [3.8, 4) is 0 Å². The predicted molar refractivity (Wildman–Crippen MR) is 109 cm³/mol. The fraction of sp³-hybridized carbons (Fsp3) is 0.273. The Morgan fingerprint density at radius 3 is 2.50 bits per heavy atom. The van der Waals surface area contributed by atoms with E-state index < -0.39 is 23.5 Å². The Kier molecular flexibility index (Phi) is 5.23. The smallest absolute Gasteiger partial charge is 0.383 e. The molecule has 2 aromatic carbocycles. The summed E-state index contributed by atoms with van der Waals surface area (Å²) >= 11 is 0. The van der Waals surface area contributed by atoms with Crippen molar-refractivity contribution in [3.63, 3.8) is 0 Å². The molecule has 3 N–H and O–H groups in total. The van der Waals surface area contributed by atoms with Gasteiger partial charge in [-0.25, -0.2) is 0 Å². The number of carbonyl (C=O) groups is 3. The fourth-order valence-electron chi connectivity index (χ4n) is 4.15. The molecule has 0 aromatic heterocycles. The number of alkyl halides is 3. The van der Waals surface area contributed by atoms with Crippen LogP contribution in [0.15, 0.2) is 53.5 Å². The molecule has 1 atom stereocenters. The maximum absolute atomic E-state index is 13.3. The molecule has 0 spiro atoms. The number of fused-ring (bicyclic) bond motifs is 1. The third kappa shape index (κ3) is 3.95. The van der Waals surface area contributed by atoms with Crippen LogP contribution < -0.4 is 11.1 Å². The molecule has 10 heteroatoms. The van der Waals surface area contributed by atoms with Crippen molar-refractivity contribution in [2.45, 2.75) is 31.1 Å². The number of carbonyl (C=O) groups excluding carboxylic acids is 3. The molecule has 1 fully saturated rings. The van der Waals surface area contributed by atoms with Crippen LogP contribution in [0.5, 0.6) is 0 Å². The number of nitrogens with zero attached hydrogens (tertiary/aromatic N) is 2. The first-order valence-corrected chi connectivity index (χ1v) is 9.80. The van der Waals surface area contributed by atoms with E-state index in [-0.39, 0.29) is 42.5 Å². The largest absolute Gasteiger partial charge is 0.473 e. The monoisotopic (exact) mass is 444 g/mol. The summed E-state index contributed by atoms with van der Waals surface area (Å²) in [6, 6.07) is 13.8. The van der Waals surface area contributed by atoms with Crippen LogP contribution >= 0.6 is 0 Å². The number of rotatable bonds is 4. The SMILES string of the molecule is NC(=NC(=O)C(F)(F)F)c1ccc2c(c1)C(=O)N([C@]1(Cc3ccccc3)CNC(=O)C1)C2. The number of hydrogen-bond donors (Lipinski definition) is 2. The molecule has 0 aliphatic carbocycles. The number of amidine groups is 1. The zero-order valence-electron chi connectivity index (χ0n) is 16.8. The van der Waals surface area contributed by atoms with Crippen LogP contribution in [-0.4, -0.2) is 46.7 Å². The van der Waals surface area contributed by atoms with Crippen molar-refractivity contribution in [2.75, 3.05) is 6.54 Å². The lowest BCUT2D eigenvalue weighted by molar-refractivity contribution is -0.169. The minimum Gasteiger partial charge on any atom is -0.383 e. The summed E-state index contributed by atoms with van der Waals surface area (Å²) < 4.78 is 37.4. The van der Waals surface area contributed by atoms with Gasteiger partial charge in [-0.2, -0.15) is 18.2 Å². The first-order chi connectivity index (χ1) is 15.1. The van der Waals surface area contributed by atoms with Gasteiger partial charge in [-0.3, -0.25) is 14.4 Å². The standard InChI is InChI=1S/C22H19F3N4O3/c23-22(24,25)20(32)28-18(26)14-6-7-15-11-29(19(31)16(15)8-14)21(10-17(30)27-12-21)9-13-4-2-1-3-5-13/h1-8H,9-12H2,(H,27,30)(H2,26,28,32)/t21-/m0/s1. The van der Waals surface area contributed by atoms with E-state index >= 15 is 0 Å². The number of aliphatic imine (C=N–C) groups is 1. The normalized spacial score (nSPS) is 21.0. The van der Waals surface area contributed by atoms with Gasteiger partial charge in [0.1, 0.15) is 5.84 Å². The number of nitrogens with one attached hydrogen (secondary N) is 1. The predicted octanol–water partition coefficient (Wildman–Crippen LogP) is 1.94. The first kappa shape index (κ1) is 21.5. The molecule has 7 nitrogen and oxygen atoms in total. The molecule has 2 heterocycles. The molecule has 2 aliphatic rings. The van der Waals surface area contributed by atoms with E-state index in [9.17, 15) is 27.6 Å². The van der Waals surface area contributed by atoms with Crippen molar-refractivity contribution >= 4 is 23.6 Å². The Balaban J connectivity index is 1.64. The Labute approximate surface area is 181 Å². The van der Waals surface area contributed by atoms with Crippen molar-refractivity contribution in [2.24, 2.45) is 10.7 Å². The summed E-state index contributed by atoms with van der Waals surface area (Å²) in [5.74, 6) is -3.46. The van der Waals surface area contributed by atoms with E-state index in [1.54, 1.807) is 11.0 Å². The summed E-state index contributed by atoms with van der Waals surface area (Å²) in [5, 5.41) is 2.80. The molecule has 4 rings (SSSR count). The molecule has 3 amide bonds. The summed E-state index contributed by atoms with van der Waals surface area (Å²) in [5.41, 5.74) is 6.72. The Bertz CT molecular complexity index is 1130. The maximum atomic E-state index is 13.3. The molecule has 2 aromatic rings. The maximum Gasteiger partial charge on any atom is 0.473 e. The molecule has 0 saturated carbocycles. The van der Waals surface area contributed by atoms with Gasteiger partial charge in [0.15, 0.2) is 0 Å².